The first kappa shape index (κ1) is 20.0. The summed E-state index contributed by atoms with van der Waals surface area (Å²) in [6, 6.07) is 8.60. The van der Waals surface area contributed by atoms with Crippen LogP contribution in [0, 0.1) is 0 Å². The number of aliphatic carboxylic acids is 1. The summed E-state index contributed by atoms with van der Waals surface area (Å²) >= 11 is 0. The molecule has 134 valence electrons. The minimum atomic E-state index is -3.13. The number of rotatable bonds is 10. The average molecular weight is 356 g/mol. The Labute approximate surface area is 142 Å². The minimum absolute atomic E-state index is 0.0268. The van der Waals surface area contributed by atoms with Gasteiger partial charge in [-0.05, 0) is 18.4 Å². The molecule has 1 unspecified atom stereocenters. The van der Waals surface area contributed by atoms with Crippen LogP contribution in [0.4, 0.5) is 4.79 Å². The van der Waals surface area contributed by atoms with E-state index in [4.69, 9.17) is 5.11 Å². The lowest BCUT2D eigenvalue weighted by Crippen LogP contribution is -2.44. The molecule has 0 bridgehead atoms. The molecule has 0 radical (unpaired) electrons. The van der Waals surface area contributed by atoms with Gasteiger partial charge in [0.05, 0.1) is 5.75 Å². The molecule has 0 aliphatic carbocycles. The van der Waals surface area contributed by atoms with Crippen LogP contribution in [0.5, 0.6) is 0 Å². The van der Waals surface area contributed by atoms with Crippen LogP contribution in [-0.2, 0) is 21.1 Å². The highest BCUT2D eigenvalue weighted by Gasteiger charge is 2.15. The molecular weight excluding hydrogens is 332 g/mol. The largest absolute Gasteiger partial charge is 0.481 e. The number of benzene rings is 1. The summed E-state index contributed by atoms with van der Waals surface area (Å²) in [4.78, 5) is 22.7. The average Bonchev–Trinajstić information content (AvgIpc) is 2.53. The molecule has 0 saturated heterocycles. The van der Waals surface area contributed by atoms with Gasteiger partial charge in [0.2, 0.25) is 0 Å². The predicted octanol–water partition coefficient (Wildman–Crippen LogP) is 1.20. The zero-order valence-electron chi connectivity index (χ0n) is 13.7. The van der Waals surface area contributed by atoms with Crippen molar-refractivity contribution in [2.45, 2.75) is 32.2 Å². The smallest absolute Gasteiger partial charge is 0.315 e. The third kappa shape index (κ3) is 8.52. The summed E-state index contributed by atoms with van der Waals surface area (Å²) < 4.78 is 22.8. The monoisotopic (exact) mass is 356 g/mol. The van der Waals surface area contributed by atoms with E-state index in [0.717, 1.165) is 5.56 Å². The number of nitrogens with one attached hydrogen (secondary N) is 2. The number of carboxylic acids is 1. The van der Waals surface area contributed by atoms with Crippen LogP contribution >= 0.6 is 0 Å². The first-order valence-electron chi connectivity index (χ1n) is 7.83. The van der Waals surface area contributed by atoms with E-state index in [-0.39, 0.29) is 30.5 Å². The van der Waals surface area contributed by atoms with E-state index < -0.39 is 21.8 Å². The first-order chi connectivity index (χ1) is 11.3. The van der Waals surface area contributed by atoms with Gasteiger partial charge in [-0.15, -0.1) is 0 Å². The number of urea groups is 1. The van der Waals surface area contributed by atoms with E-state index in [0.29, 0.717) is 12.8 Å². The molecule has 0 heterocycles. The molecule has 1 aromatic carbocycles. The SMILES string of the molecule is CCS(=O)(=O)CCNC(=O)NC(CCC(=O)O)Cc1ccccc1. The Morgan fingerprint density at radius 1 is 1.21 bits per heavy atom. The maximum Gasteiger partial charge on any atom is 0.315 e. The Morgan fingerprint density at radius 3 is 2.46 bits per heavy atom. The summed E-state index contributed by atoms with van der Waals surface area (Å²) in [6.07, 6.45) is 0.752. The number of hydrogen-bond donors (Lipinski definition) is 3. The molecule has 0 spiro atoms. The topological polar surface area (TPSA) is 113 Å². The van der Waals surface area contributed by atoms with Crippen molar-refractivity contribution in [3.05, 3.63) is 35.9 Å². The van der Waals surface area contributed by atoms with E-state index >= 15 is 0 Å². The molecule has 0 aromatic heterocycles. The Bertz CT molecular complexity index is 631. The summed E-state index contributed by atoms with van der Waals surface area (Å²) in [5.74, 6) is -1.01. The van der Waals surface area contributed by atoms with Gasteiger partial charge in [-0.2, -0.15) is 0 Å². The molecule has 1 rings (SSSR count). The van der Waals surface area contributed by atoms with Crippen LogP contribution in [0.3, 0.4) is 0 Å². The highest BCUT2D eigenvalue weighted by atomic mass is 32.2. The van der Waals surface area contributed by atoms with Gasteiger partial charge >= 0.3 is 12.0 Å². The highest BCUT2D eigenvalue weighted by Crippen LogP contribution is 2.08. The second kappa shape index (κ2) is 9.92. The third-order valence-electron chi connectivity index (χ3n) is 3.51. The van der Waals surface area contributed by atoms with Gasteiger partial charge in [0, 0.05) is 24.8 Å². The lowest BCUT2D eigenvalue weighted by Gasteiger charge is -2.18. The Kier molecular flexibility index (Phi) is 8.25. The van der Waals surface area contributed by atoms with E-state index in [9.17, 15) is 18.0 Å². The van der Waals surface area contributed by atoms with E-state index in [1.54, 1.807) is 6.92 Å². The number of carboxylic acid groups (broad SMARTS) is 1. The van der Waals surface area contributed by atoms with E-state index in [1.807, 2.05) is 30.3 Å². The van der Waals surface area contributed by atoms with Crippen LogP contribution < -0.4 is 10.6 Å². The molecule has 3 N–H and O–H groups in total. The van der Waals surface area contributed by atoms with Crippen LogP contribution in [0.25, 0.3) is 0 Å². The van der Waals surface area contributed by atoms with E-state index in [1.165, 1.54) is 0 Å². The Balaban J connectivity index is 2.53. The molecular formula is C16H24N2O5S. The lowest BCUT2D eigenvalue weighted by atomic mass is 10.0. The molecule has 0 fully saturated rings. The molecule has 1 atom stereocenters. The summed E-state index contributed by atoms with van der Waals surface area (Å²) in [6.45, 7) is 1.58. The molecule has 24 heavy (non-hydrogen) atoms. The molecule has 0 aliphatic heterocycles. The molecule has 2 amide bonds. The normalized spacial score (nSPS) is 12.4. The van der Waals surface area contributed by atoms with Crippen molar-refractivity contribution in [2.75, 3.05) is 18.1 Å². The Hall–Kier alpha value is -2.09. The molecule has 7 nitrogen and oxygen atoms in total. The fourth-order valence-corrected chi connectivity index (χ4v) is 2.82. The van der Waals surface area contributed by atoms with Gasteiger partial charge in [0.15, 0.2) is 9.84 Å². The van der Waals surface area contributed by atoms with Crippen molar-refractivity contribution in [3.63, 3.8) is 0 Å². The second-order valence-corrected chi connectivity index (χ2v) is 7.93. The molecule has 1 aromatic rings. The fraction of sp³-hybridized carbons (Fsp3) is 0.500. The quantitative estimate of drug-likeness (QED) is 0.583. The first-order valence-corrected chi connectivity index (χ1v) is 9.65. The van der Waals surface area contributed by atoms with Crippen molar-refractivity contribution in [1.29, 1.82) is 0 Å². The summed E-state index contributed by atoms with van der Waals surface area (Å²) in [7, 11) is -3.13. The van der Waals surface area contributed by atoms with Gasteiger partial charge in [-0.1, -0.05) is 37.3 Å². The van der Waals surface area contributed by atoms with Crippen molar-refractivity contribution < 1.29 is 23.1 Å². The third-order valence-corrected chi connectivity index (χ3v) is 5.21. The molecule has 0 saturated carbocycles. The van der Waals surface area contributed by atoms with E-state index in [2.05, 4.69) is 10.6 Å². The highest BCUT2D eigenvalue weighted by molar-refractivity contribution is 7.91. The maximum atomic E-state index is 11.9. The van der Waals surface area contributed by atoms with Crippen molar-refractivity contribution in [3.8, 4) is 0 Å². The van der Waals surface area contributed by atoms with Crippen LogP contribution in [0.2, 0.25) is 0 Å². The van der Waals surface area contributed by atoms with Gasteiger partial charge in [-0.3, -0.25) is 4.79 Å². The predicted molar refractivity (Wildman–Crippen MR) is 91.7 cm³/mol. The van der Waals surface area contributed by atoms with Gasteiger partial charge in [-0.25, -0.2) is 13.2 Å². The van der Waals surface area contributed by atoms with Gasteiger partial charge < -0.3 is 15.7 Å². The standard InChI is InChI=1S/C16H24N2O5S/c1-2-24(22,23)11-10-17-16(21)18-14(8-9-15(19)20)12-13-6-4-3-5-7-13/h3-7,14H,2,8-12H2,1H3,(H,19,20)(H2,17,18,21). The molecule has 0 aliphatic rings. The Morgan fingerprint density at radius 2 is 1.88 bits per heavy atom. The van der Waals surface area contributed by atoms with Gasteiger partial charge in [0.25, 0.3) is 0 Å². The number of hydrogen-bond acceptors (Lipinski definition) is 4. The van der Waals surface area contributed by atoms with Crippen molar-refractivity contribution in [2.24, 2.45) is 0 Å². The summed E-state index contributed by atoms with van der Waals surface area (Å²) in [5.41, 5.74) is 0.988. The van der Waals surface area contributed by atoms with Gasteiger partial charge in [0.1, 0.15) is 0 Å². The zero-order chi connectivity index (χ0) is 18.0. The zero-order valence-corrected chi connectivity index (χ0v) is 14.5. The number of sulfone groups is 1. The molecule has 8 heteroatoms. The minimum Gasteiger partial charge on any atom is -0.481 e. The van der Waals surface area contributed by atoms with Crippen molar-refractivity contribution >= 4 is 21.8 Å². The summed E-state index contributed by atoms with van der Waals surface area (Å²) in [5, 5.41) is 14.0. The van der Waals surface area contributed by atoms with Crippen LogP contribution in [-0.4, -0.2) is 49.6 Å². The van der Waals surface area contributed by atoms with Crippen LogP contribution in [0.1, 0.15) is 25.3 Å². The number of amides is 2. The number of carbonyl (C=O) groups is 2. The fourth-order valence-electron chi connectivity index (χ4n) is 2.12. The lowest BCUT2D eigenvalue weighted by molar-refractivity contribution is -0.137. The van der Waals surface area contributed by atoms with Crippen LogP contribution in [0.15, 0.2) is 30.3 Å². The number of carbonyl (C=O) groups excluding carboxylic acids is 1. The second-order valence-electron chi connectivity index (χ2n) is 5.46. The van der Waals surface area contributed by atoms with Crippen molar-refractivity contribution in [1.82, 2.24) is 10.6 Å². The maximum absolute atomic E-state index is 11.9.